The Kier molecular flexibility index (Phi) is 5.43. The van der Waals surface area contributed by atoms with Gasteiger partial charge in [-0.15, -0.1) is 0 Å². The van der Waals surface area contributed by atoms with Crippen LogP contribution >= 0.6 is 0 Å². The molecule has 1 heterocycles. The number of nitrogens with one attached hydrogen (secondary N) is 1. The number of nitrogens with zero attached hydrogens (tertiary/aromatic N) is 1. The van der Waals surface area contributed by atoms with Gasteiger partial charge in [0.2, 0.25) is 0 Å². The van der Waals surface area contributed by atoms with E-state index in [1.807, 2.05) is 0 Å². The minimum Gasteiger partial charge on any atom is -0.314 e. The van der Waals surface area contributed by atoms with Gasteiger partial charge in [0.25, 0.3) is 0 Å². The van der Waals surface area contributed by atoms with Crippen molar-refractivity contribution in [2.45, 2.75) is 19.8 Å². The SMILES string of the molecule is CCc1ccc(/C=C/CCN2CCNCC2)cc1. The summed E-state index contributed by atoms with van der Waals surface area (Å²) in [4.78, 5) is 2.53. The Bertz CT molecular complexity index is 361. The van der Waals surface area contributed by atoms with E-state index < -0.39 is 0 Å². The topological polar surface area (TPSA) is 15.3 Å². The highest BCUT2D eigenvalue weighted by Crippen LogP contribution is 2.07. The van der Waals surface area contributed by atoms with Gasteiger partial charge in [-0.05, 0) is 24.0 Å². The van der Waals surface area contributed by atoms with E-state index in [4.69, 9.17) is 0 Å². The monoisotopic (exact) mass is 244 g/mol. The molecule has 1 aliphatic heterocycles. The van der Waals surface area contributed by atoms with Crippen LogP contribution in [-0.2, 0) is 6.42 Å². The van der Waals surface area contributed by atoms with E-state index in [-0.39, 0.29) is 0 Å². The predicted molar refractivity (Wildman–Crippen MR) is 78.8 cm³/mol. The lowest BCUT2D eigenvalue weighted by Crippen LogP contribution is -2.43. The molecule has 0 atom stereocenters. The van der Waals surface area contributed by atoms with Crippen LogP contribution in [0.1, 0.15) is 24.5 Å². The molecule has 1 N–H and O–H groups in total. The van der Waals surface area contributed by atoms with E-state index in [0.717, 1.165) is 25.9 Å². The molecule has 2 heteroatoms. The number of aryl methyl sites for hydroxylation is 1. The fraction of sp³-hybridized carbons (Fsp3) is 0.500. The first kappa shape index (κ1) is 13.3. The highest BCUT2D eigenvalue weighted by molar-refractivity contribution is 5.49. The minimum absolute atomic E-state index is 1.12. The number of piperazine rings is 1. The van der Waals surface area contributed by atoms with E-state index in [9.17, 15) is 0 Å². The number of benzene rings is 1. The van der Waals surface area contributed by atoms with E-state index in [0.29, 0.717) is 0 Å². The molecule has 0 aliphatic carbocycles. The summed E-state index contributed by atoms with van der Waals surface area (Å²) in [5.74, 6) is 0. The second-order valence-electron chi connectivity index (χ2n) is 4.88. The Balaban J connectivity index is 1.72. The molecule has 1 saturated heterocycles. The molecule has 1 aromatic carbocycles. The summed E-state index contributed by atoms with van der Waals surface area (Å²) < 4.78 is 0. The maximum atomic E-state index is 3.38. The maximum Gasteiger partial charge on any atom is 0.0107 e. The molecule has 98 valence electrons. The largest absolute Gasteiger partial charge is 0.314 e. The van der Waals surface area contributed by atoms with E-state index in [1.165, 1.54) is 30.8 Å². The zero-order valence-electron chi connectivity index (χ0n) is 11.4. The third-order valence-electron chi connectivity index (χ3n) is 3.52. The minimum atomic E-state index is 1.12. The smallest absolute Gasteiger partial charge is 0.0107 e. The predicted octanol–water partition coefficient (Wildman–Crippen LogP) is 2.56. The average Bonchev–Trinajstić information content (AvgIpc) is 2.45. The third-order valence-corrected chi connectivity index (χ3v) is 3.52. The lowest BCUT2D eigenvalue weighted by atomic mass is 10.1. The highest BCUT2D eigenvalue weighted by Gasteiger charge is 2.06. The molecule has 0 spiro atoms. The van der Waals surface area contributed by atoms with Gasteiger partial charge in [-0.2, -0.15) is 0 Å². The maximum absolute atomic E-state index is 3.38. The van der Waals surface area contributed by atoms with E-state index in [1.54, 1.807) is 0 Å². The van der Waals surface area contributed by atoms with Gasteiger partial charge in [-0.25, -0.2) is 0 Å². The fourth-order valence-corrected chi connectivity index (χ4v) is 2.28. The summed E-state index contributed by atoms with van der Waals surface area (Å²) in [5, 5.41) is 3.38. The molecule has 0 bridgehead atoms. The summed E-state index contributed by atoms with van der Waals surface area (Å²) in [6.45, 7) is 8.05. The molecule has 0 saturated carbocycles. The first-order valence-corrected chi connectivity index (χ1v) is 7.07. The van der Waals surface area contributed by atoms with Crippen LogP contribution in [0.15, 0.2) is 30.3 Å². The van der Waals surface area contributed by atoms with Crippen LogP contribution in [0.5, 0.6) is 0 Å². The van der Waals surface area contributed by atoms with Crippen LogP contribution in [-0.4, -0.2) is 37.6 Å². The standard InChI is InChI=1S/C16H24N2/c1-2-15-6-8-16(9-7-15)5-3-4-12-18-13-10-17-11-14-18/h3,5-9,17H,2,4,10-14H2,1H3/b5-3+. The zero-order valence-corrected chi connectivity index (χ0v) is 11.4. The molecule has 18 heavy (non-hydrogen) atoms. The van der Waals surface area contributed by atoms with Crippen LogP contribution in [0.2, 0.25) is 0 Å². The highest BCUT2D eigenvalue weighted by atomic mass is 15.2. The molecule has 1 aliphatic rings. The van der Waals surface area contributed by atoms with Gasteiger partial charge in [0.1, 0.15) is 0 Å². The molecule has 0 amide bonds. The van der Waals surface area contributed by atoms with Crippen molar-refractivity contribution in [1.29, 1.82) is 0 Å². The summed E-state index contributed by atoms with van der Waals surface area (Å²) in [7, 11) is 0. The van der Waals surface area contributed by atoms with Crippen molar-refractivity contribution in [2.24, 2.45) is 0 Å². The first-order chi connectivity index (χ1) is 8.88. The van der Waals surface area contributed by atoms with Crippen LogP contribution in [0.4, 0.5) is 0 Å². The fourth-order valence-electron chi connectivity index (χ4n) is 2.28. The van der Waals surface area contributed by atoms with Gasteiger partial charge in [0, 0.05) is 32.7 Å². The van der Waals surface area contributed by atoms with Crippen molar-refractivity contribution in [3.8, 4) is 0 Å². The zero-order chi connectivity index (χ0) is 12.6. The molecule has 1 fully saturated rings. The summed E-state index contributed by atoms with van der Waals surface area (Å²) >= 11 is 0. The van der Waals surface area contributed by atoms with Crippen LogP contribution in [0.25, 0.3) is 6.08 Å². The normalized spacial score (nSPS) is 17.4. The number of hydrogen-bond acceptors (Lipinski definition) is 2. The quantitative estimate of drug-likeness (QED) is 0.856. The van der Waals surface area contributed by atoms with Crippen LogP contribution in [0.3, 0.4) is 0 Å². The summed E-state index contributed by atoms with van der Waals surface area (Å²) in [6.07, 6.45) is 6.80. The molecular formula is C16H24N2. The molecule has 0 aromatic heterocycles. The van der Waals surface area contributed by atoms with Gasteiger partial charge in [-0.1, -0.05) is 43.3 Å². The molecule has 2 rings (SSSR count). The molecule has 0 radical (unpaired) electrons. The molecule has 2 nitrogen and oxygen atoms in total. The lowest BCUT2D eigenvalue weighted by molar-refractivity contribution is 0.245. The van der Waals surface area contributed by atoms with Crippen molar-refractivity contribution in [3.63, 3.8) is 0 Å². The van der Waals surface area contributed by atoms with Crippen molar-refractivity contribution < 1.29 is 0 Å². The van der Waals surface area contributed by atoms with E-state index in [2.05, 4.69) is 53.6 Å². The third kappa shape index (κ3) is 4.28. The Hall–Kier alpha value is -1.12. The second kappa shape index (κ2) is 7.34. The number of rotatable bonds is 5. The number of hydrogen-bond donors (Lipinski definition) is 1. The van der Waals surface area contributed by atoms with Gasteiger partial charge < -0.3 is 10.2 Å². The van der Waals surface area contributed by atoms with Crippen LogP contribution < -0.4 is 5.32 Å². The molecule has 0 unspecified atom stereocenters. The van der Waals surface area contributed by atoms with Gasteiger partial charge in [-0.3, -0.25) is 0 Å². The Morgan fingerprint density at radius 3 is 2.56 bits per heavy atom. The van der Waals surface area contributed by atoms with Gasteiger partial charge in [0.05, 0.1) is 0 Å². The Morgan fingerprint density at radius 1 is 1.17 bits per heavy atom. The second-order valence-corrected chi connectivity index (χ2v) is 4.88. The Labute approximate surface area is 111 Å². The van der Waals surface area contributed by atoms with Crippen molar-refractivity contribution in [3.05, 3.63) is 41.5 Å². The summed E-state index contributed by atoms with van der Waals surface area (Å²) in [6, 6.07) is 8.85. The average molecular weight is 244 g/mol. The Morgan fingerprint density at radius 2 is 1.89 bits per heavy atom. The van der Waals surface area contributed by atoms with Gasteiger partial charge in [0.15, 0.2) is 0 Å². The van der Waals surface area contributed by atoms with Crippen LogP contribution in [0, 0.1) is 0 Å². The first-order valence-electron chi connectivity index (χ1n) is 7.07. The molecular weight excluding hydrogens is 220 g/mol. The van der Waals surface area contributed by atoms with Crippen molar-refractivity contribution in [1.82, 2.24) is 10.2 Å². The van der Waals surface area contributed by atoms with E-state index >= 15 is 0 Å². The summed E-state index contributed by atoms with van der Waals surface area (Å²) in [5.41, 5.74) is 2.72. The van der Waals surface area contributed by atoms with Crippen molar-refractivity contribution in [2.75, 3.05) is 32.7 Å². The van der Waals surface area contributed by atoms with Gasteiger partial charge >= 0.3 is 0 Å². The molecule has 1 aromatic rings. The lowest BCUT2D eigenvalue weighted by Gasteiger charge is -2.26. The van der Waals surface area contributed by atoms with Crippen molar-refractivity contribution >= 4 is 6.08 Å².